The van der Waals surface area contributed by atoms with Crippen LogP contribution < -0.4 is 0 Å². The van der Waals surface area contributed by atoms with E-state index in [-0.39, 0.29) is 5.41 Å². The van der Waals surface area contributed by atoms with Crippen molar-refractivity contribution in [2.75, 3.05) is 0 Å². The first-order chi connectivity index (χ1) is 8.01. The van der Waals surface area contributed by atoms with Crippen LogP contribution in [0, 0.1) is 0 Å². The Morgan fingerprint density at radius 1 is 1.24 bits per heavy atom. The van der Waals surface area contributed by atoms with Crippen molar-refractivity contribution in [3.05, 3.63) is 53.9 Å². The molecule has 3 nitrogen and oxygen atoms in total. The van der Waals surface area contributed by atoms with Crippen LogP contribution >= 0.6 is 0 Å². The molecule has 90 valence electrons. The lowest BCUT2D eigenvalue weighted by molar-refractivity contribution is 0.100. The third-order valence-corrected chi connectivity index (χ3v) is 3.24. The maximum absolute atomic E-state index is 10.5. The summed E-state index contributed by atoms with van der Waals surface area (Å²) < 4.78 is 1.71. The molecule has 1 unspecified atom stereocenters. The van der Waals surface area contributed by atoms with Crippen LogP contribution in [0.1, 0.15) is 31.1 Å². The van der Waals surface area contributed by atoms with E-state index in [1.165, 1.54) is 0 Å². The van der Waals surface area contributed by atoms with Crippen LogP contribution in [0.15, 0.2) is 42.7 Å². The normalized spacial score (nSPS) is 13.6. The molecule has 1 aromatic carbocycles. The molecule has 0 spiro atoms. The number of benzene rings is 1. The monoisotopic (exact) mass is 230 g/mol. The van der Waals surface area contributed by atoms with Gasteiger partial charge in [-0.1, -0.05) is 44.2 Å². The summed E-state index contributed by atoms with van der Waals surface area (Å²) in [6.07, 6.45) is 3.02. The van der Waals surface area contributed by atoms with Crippen LogP contribution in [0.2, 0.25) is 0 Å². The van der Waals surface area contributed by atoms with E-state index in [1.54, 1.807) is 10.9 Å². The quantitative estimate of drug-likeness (QED) is 0.879. The molecule has 0 aliphatic carbocycles. The summed E-state index contributed by atoms with van der Waals surface area (Å²) in [6.45, 7) is 4.08. The molecule has 2 rings (SSSR count). The lowest BCUT2D eigenvalue weighted by atomic mass is 9.77. The van der Waals surface area contributed by atoms with Gasteiger partial charge in [0, 0.05) is 24.2 Å². The lowest BCUT2D eigenvalue weighted by Crippen LogP contribution is -2.26. The maximum atomic E-state index is 10.5. The van der Waals surface area contributed by atoms with Crippen molar-refractivity contribution in [3.8, 4) is 0 Å². The number of hydrogen-bond acceptors (Lipinski definition) is 2. The number of nitrogens with zero attached hydrogens (tertiary/aromatic N) is 2. The Morgan fingerprint density at radius 3 is 2.41 bits per heavy atom. The highest BCUT2D eigenvalue weighted by atomic mass is 16.3. The number of hydrogen-bond donors (Lipinski definition) is 1. The minimum Gasteiger partial charge on any atom is -0.387 e. The van der Waals surface area contributed by atoms with E-state index in [0.717, 1.165) is 11.1 Å². The Hall–Kier alpha value is -1.61. The van der Waals surface area contributed by atoms with E-state index in [4.69, 9.17) is 0 Å². The molecule has 17 heavy (non-hydrogen) atoms. The van der Waals surface area contributed by atoms with E-state index in [9.17, 15) is 5.11 Å². The first-order valence-corrected chi connectivity index (χ1v) is 5.74. The summed E-state index contributed by atoms with van der Waals surface area (Å²) in [4.78, 5) is 0. The van der Waals surface area contributed by atoms with Crippen molar-refractivity contribution >= 4 is 0 Å². The Balaban J connectivity index is 2.33. The Morgan fingerprint density at radius 2 is 1.88 bits per heavy atom. The first kappa shape index (κ1) is 11.9. The lowest BCUT2D eigenvalue weighted by Gasteiger charge is -2.30. The highest BCUT2D eigenvalue weighted by Gasteiger charge is 2.31. The predicted octanol–water partition coefficient (Wildman–Crippen LogP) is 2.43. The molecule has 1 N–H and O–H groups in total. The highest BCUT2D eigenvalue weighted by molar-refractivity contribution is 5.28. The molecule has 0 fully saturated rings. The average molecular weight is 230 g/mol. The zero-order chi connectivity index (χ0) is 12.5. The fourth-order valence-corrected chi connectivity index (χ4v) is 2.02. The molecule has 0 radical (unpaired) electrons. The SMILES string of the molecule is Cn1cc(C(O)C(C)(C)c2ccccc2)cn1. The van der Waals surface area contributed by atoms with Crippen molar-refractivity contribution in [1.29, 1.82) is 0 Å². The van der Waals surface area contributed by atoms with Crippen LogP contribution in [-0.2, 0) is 12.5 Å². The molecule has 0 bridgehead atoms. The summed E-state index contributed by atoms with van der Waals surface area (Å²) in [7, 11) is 1.85. The number of rotatable bonds is 3. The van der Waals surface area contributed by atoms with Gasteiger partial charge in [0.1, 0.15) is 0 Å². The zero-order valence-corrected chi connectivity index (χ0v) is 10.5. The molecule has 0 saturated carbocycles. The minimum absolute atomic E-state index is 0.329. The van der Waals surface area contributed by atoms with Crippen LogP contribution in [0.5, 0.6) is 0 Å². The average Bonchev–Trinajstić information content (AvgIpc) is 2.76. The molecule has 0 aliphatic heterocycles. The first-order valence-electron chi connectivity index (χ1n) is 5.74. The van der Waals surface area contributed by atoms with Crippen molar-refractivity contribution in [2.45, 2.75) is 25.4 Å². The number of aliphatic hydroxyl groups excluding tert-OH is 1. The standard InChI is InChI=1S/C14H18N2O/c1-14(2,12-7-5-4-6-8-12)13(17)11-9-15-16(3)10-11/h4-10,13,17H,1-3H3. The van der Waals surface area contributed by atoms with E-state index in [1.807, 2.05) is 57.4 Å². The predicted molar refractivity (Wildman–Crippen MR) is 67.6 cm³/mol. The molecule has 1 aromatic heterocycles. The molecule has 1 heterocycles. The molecule has 1 atom stereocenters. The van der Waals surface area contributed by atoms with E-state index < -0.39 is 6.10 Å². The second-order valence-corrected chi connectivity index (χ2v) is 4.94. The summed E-state index contributed by atoms with van der Waals surface area (Å²) in [5, 5.41) is 14.6. The van der Waals surface area contributed by atoms with Crippen LogP contribution in [0.25, 0.3) is 0 Å². The number of aliphatic hydroxyl groups is 1. The van der Waals surface area contributed by atoms with Gasteiger partial charge in [-0.05, 0) is 5.56 Å². The molecular weight excluding hydrogens is 212 g/mol. The summed E-state index contributed by atoms with van der Waals surface area (Å²) in [5.41, 5.74) is 1.64. The summed E-state index contributed by atoms with van der Waals surface area (Å²) in [6, 6.07) is 10.1. The largest absolute Gasteiger partial charge is 0.387 e. The molecule has 0 saturated heterocycles. The van der Waals surface area contributed by atoms with Gasteiger partial charge in [-0.2, -0.15) is 5.10 Å². The summed E-state index contributed by atoms with van der Waals surface area (Å²) in [5.74, 6) is 0. The molecular formula is C14H18N2O. The zero-order valence-electron chi connectivity index (χ0n) is 10.5. The number of aryl methyl sites for hydroxylation is 1. The van der Waals surface area contributed by atoms with Gasteiger partial charge in [-0.15, -0.1) is 0 Å². The summed E-state index contributed by atoms with van der Waals surface area (Å²) >= 11 is 0. The fourth-order valence-electron chi connectivity index (χ4n) is 2.02. The van der Waals surface area contributed by atoms with E-state index in [0.29, 0.717) is 0 Å². The van der Waals surface area contributed by atoms with Gasteiger partial charge in [0.25, 0.3) is 0 Å². The molecule has 3 heteroatoms. The van der Waals surface area contributed by atoms with Crippen molar-refractivity contribution in [3.63, 3.8) is 0 Å². The minimum atomic E-state index is -0.557. The Kier molecular flexibility index (Phi) is 3.03. The van der Waals surface area contributed by atoms with Gasteiger partial charge >= 0.3 is 0 Å². The van der Waals surface area contributed by atoms with Gasteiger partial charge in [0.2, 0.25) is 0 Å². The Bertz CT molecular complexity index is 488. The van der Waals surface area contributed by atoms with Crippen molar-refractivity contribution in [2.24, 2.45) is 7.05 Å². The van der Waals surface area contributed by atoms with E-state index >= 15 is 0 Å². The van der Waals surface area contributed by atoms with Crippen LogP contribution in [0.3, 0.4) is 0 Å². The third-order valence-electron chi connectivity index (χ3n) is 3.24. The third kappa shape index (κ3) is 2.24. The van der Waals surface area contributed by atoms with Gasteiger partial charge in [-0.3, -0.25) is 4.68 Å². The second-order valence-electron chi connectivity index (χ2n) is 4.94. The molecule has 0 aliphatic rings. The number of aromatic nitrogens is 2. The highest BCUT2D eigenvalue weighted by Crippen LogP contribution is 2.36. The maximum Gasteiger partial charge on any atom is 0.0911 e. The smallest absolute Gasteiger partial charge is 0.0911 e. The molecule has 2 aromatic rings. The van der Waals surface area contributed by atoms with Crippen LogP contribution in [0.4, 0.5) is 0 Å². The van der Waals surface area contributed by atoms with Crippen molar-refractivity contribution in [1.82, 2.24) is 9.78 Å². The topological polar surface area (TPSA) is 38.0 Å². The van der Waals surface area contributed by atoms with Crippen molar-refractivity contribution < 1.29 is 5.11 Å². The second kappa shape index (κ2) is 4.34. The van der Waals surface area contributed by atoms with E-state index in [2.05, 4.69) is 5.10 Å². The van der Waals surface area contributed by atoms with Gasteiger partial charge in [0.15, 0.2) is 0 Å². The van der Waals surface area contributed by atoms with Crippen LogP contribution in [-0.4, -0.2) is 14.9 Å². The van der Waals surface area contributed by atoms with Gasteiger partial charge < -0.3 is 5.11 Å². The van der Waals surface area contributed by atoms with Gasteiger partial charge in [-0.25, -0.2) is 0 Å². The fraction of sp³-hybridized carbons (Fsp3) is 0.357. The molecule has 0 amide bonds. The Labute approximate surface area is 102 Å². The van der Waals surface area contributed by atoms with Gasteiger partial charge in [0.05, 0.1) is 12.3 Å².